The van der Waals surface area contributed by atoms with Gasteiger partial charge in [0.1, 0.15) is 6.54 Å². The number of benzene rings is 1. The van der Waals surface area contributed by atoms with Crippen LogP contribution in [0.25, 0.3) is 27.9 Å². The smallest absolute Gasteiger partial charge is 0.334 e. The quantitative estimate of drug-likeness (QED) is 0.529. The fourth-order valence-electron chi connectivity index (χ4n) is 3.53. The molecule has 29 heavy (non-hydrogen) atoms. The molecule has 146 valence electrons. The summed E-state index contributed by atoms with van der Waals surface area (Å²) >= 11 is 0. The van der Waals surface area contributed by atoms with E-state index in [2.05, 4.69) is 27.2 Å². The van der Waals surface area contributed by atoms with Crippen LogP contribution in [0.2, 0.25) is 0 Å². The van der Waals surface area contributed by atoms with Gasteiger partial charge in [-0.2, -0.15) is 18.3 Å². The summed E-state index contributed by atoms with van der Waals surface area (Å²) in [6.07, 6.45) is 4.46. The molecule has 0 amide bonds. The Labute approximate surface area is 163 Å². The lowest BCUT2D eigenvalue weighted by Gasteiger charge is -2.08. The molecule has 0 unspecified atom stereocenters. The van der Waals surface area contributed by atoms with Crippen molar-refractivity contribution in [2.24, 2.45) is 7.05 Å². The van der Waals surface area contributed by atoms with E-state index in [9.17, 15) is 13.2 Å². The maximum Gasteiger partial charge on any atom is 0.408 e. The fraction of sp³-hybridized carbons (Fsp3) is 0.200. The van der Waals surface area contributed by atoms with Crippen LogP contribution in [0.3, 0.4) is 0 Å². The minimum atomic E-state index is -4.33. The monoisotopic (exact) mass is 396 g/mol. The summed E-state index contributed by atoms with van der Waals surface area (Å²) in [4.78, 5) is 13.5. The number of nitrogens with zero attached hydrogens (tertiary/aromatic N) is 6. The molecule has 3 aromatic heterocycles. The van der Waals surface area contributed by atoms with Crippen molar-refractivity contribution in [3.63, 3.8) is 0 Å². The Kier molecular flexibility index (Phi) is 3.80. The molecule has 3 heterocycles. The molecule has 9 heteroatoms. The van der Waals surface area contributed by atoms with Gasteiger partial charge in [0.25, 0.3) is 0 Å². The Morgan fingerprint density at radius 2 is 1.97 bits per heavy atom. The van der Waals surface area contributed by atoms with Crippen molar-refractivity contribution in [2.75, 3.05) is 0 Å². The number of rotatable bonds is 3. The summed E-state index contributed by atoms with van der Waals surface area (Å²) in [5.41, 5.74) is 6.45. The first kappa shape index (κ1) is 17.6. The van der Waals surface area contributed by atoms with E-state index >= 15 is 0 Å². The van der Waals surface area contributed by atoms with Crippen LogP contribution in [-0.4, -0.2) is 35.5 Å². The lowest BCUT2D eigenvalue weighted by atomic mass is 10.0. The Morgan fingerprint density at radius 1 is 1.10 bits per heavy atom. The molecule has 0 spiro atoms. The fourth-order valence-corrected chi connectivity index (χ4v) is 3.53. The highest BCUT2D eigenvalue weighted by Gasteiger charge is 2.28. The van der Waals surface area contributed by atoms with Crippen molar-refractivity contribution in [2.45, 2.75) is 19.1 Å². The van der Waals surface area contributed by atoms with Crippen molar-refractivity contribution in [3.8, 4) is 11.3 Å². The highest BCUT2D eigenvalue weighted by Crippen LogP contribution is 2.33. The Morgan fingerprint density at radius 3 is 2.79 bits per heavy atom. The molecule has 6 nitrogen and oxygen atoms in total. The molecule has 1 aromatic carbocycles. The van der Waals surface area contributed by atoms with Gasteiger partial charge in [0.15, 0.2) is 0 Å². The first-order valence-electron chi connectivity index (χ1n) is 8.95. The molecule has 5 rings (SSSR count). The molecule has 0 saturated heterocycles. The van der Waals surface area contributed by atoms with Gasteiger partial charge >= 0.3 is 6.18 Å². The zero-order chi connectivity index (χ0) is 20.2. The summed E-state index contributed by atoms with van der Waals surface area (Å²) in [6, 6.07) is 6.01. The van der Waals surface area contributed by atoms with Crippen molar-refractivity contribution < 1.29 is 13.2 Å². The highest BCUT2D eigenvalue weighted by molar-refractivity contribution is 5.88. The number of halogens is 3. The normalized spacial score (nSPS) is 13.7. The summed E-state index contributed by atoms with van der Waals surface area (Å²) in [5, 5.41) is 3.79. The minimum Gasteiger partial charge on any atom is -0.334 e. The zero-order valence-corrected chi connectivity index (χ0v) is 15.4. The third kappa shape index (κ3) is 3.18. The topological polar surface area (TPSA) is 61.4 Å². The van der Waals surface area contributed by atoms with Gasteiger partial charge in [-0.15, -0.1) is 0 Å². The maximum atomic E-state index is 12.6. The molecule has 0 atom stereocenters. The number of aryl methyl sites for hydroxylation is 1. The number of fused-ring (bicyclic) bond motifs is 2. The number of aromatic nitrogens is 6. The largest absolute Gasteiger partial charge is 0.408 e. The van der Waals surface area contributed by atoms with Crippen LogP contribution < -0.4 is 0 Å². The summed E-state index contributed by atoms with van der Waals surface area (Å²) in [6.45, 7) is -1.14. The Bertz CT molecular complexity index is 1260. The van der Waals surface area contributed by atoms with E-state index in [4.69, 9.17) is 4.98 Å². The van der Waals surface area contributed by atoms with Crippen LogP contribution in [0.5, 0.6) is 0 Å². The van der Waals surface area contributed by atoms with Crippen LogP contribution in [-0.2, 0) is 20.0 Å². The van der Waals surface area contributed by atoms with Crippen LogP contribution in [0.1, 0.15) is 17.0 Å². The van der Waals surface area contributed by atoms with Crippen LogP contribution in [0.15, 0.2) is 49.2 Å². The molecule has 0 aliphatic heterocycles. The lowest BCUT2D eigenvalue weighted by molar-refractivity contribution is -0.142. The van der Waals surface area contributed by atoms with Crippen molar-refractivity contribution >= 4 is 16.6 Å². The summed E-state index contributed by atoms with van der Waals surface area (Å²) in [5.74, 6) is 0. The van der Waals surface area contributed by atoms with Gasteiger partial charge in [0, 0.05) is 30.8 Å². The number of allylic oxidation sites excluding steroid dienone is 1. The van der Waals surface area contributed by atoms with E-state index in [0.29, 0.717) is 17.7 Å². The predicted octanol–water partition coefficient (Wildman–Crippen LogP) is 3.78. The number of alkyl halides is 3. The van der Waals surface area contributed by atoms with Gasteiger partial charge < -0.3 is 4.57 Å². The average Bonchev–Trinajstić information content (AvgIpc) is 3.39. The highest BCUT2D eigenvalue weighted by atomic mass is 19.4. The van der Waals surface area contributed by atoms with E-state index < -0.39 is 12.7 Å². The SMILES string of the molecule is Cn1cnc2ccc(C3=CCc4ncc(-c5cnn(CC(F)(F)F)c5)nc43)cc21. The van der Waals surface area contributed by atoms with E-state index in [1.807, 2.05) is 23.7 Å². The van der Waals surface area contributed by atoms with Crippen LogP contribution in [0.4, 0.5) is 13.2 Å². The van der Waals surface area contributed by atoms with Crippen molar-refractivity contribution in [1.82, 2.24) is 29.3 Å². The second-order valence-corrected chi connectivity index (χ2v) is 6.97. The molecule has 0 saturated carbocycles. The van der Waals surface area contributed by atoms with Crippen LogP contribution in [0, 0.1) is 0 Å². The first-order valence-corrected chi connectivity index (χ1v) is 8.95. The first-order chi connectivity index (χ1) is 13.9. The summed E-state index contributed by atoms with van der Waals surface area (Å²) in [7, 11) is 1.94. The van der Waals surface area contributed by atoms with E-state index in [-0.39, 0.29) is 0 Å². The Hall–Kier alpha value is -3.49. The number of hydrogen-bond acceptors (Lipinski definition) is 4. The van der Waals surface area contributed by atoms with Crippen LogP contribution >= 0.6 is 0 Å². The molecule has 1 aliphatic rings. The second-order valence-electron chi connectivity index (χ2n) is 6.97. The number of hydrogen-bond donors (Lipinski definition) is 0. The molecular formula is C20H15F3N6. The van der Waals surface area contributed by atoms with E-state index in [1.165, 1.54) is 12.4 Å². The minimum absolute atomic E-state index is 0.492. The number of imidazole rings is 1. The van der Waals surface area contributed by atoms with E-state index in [0.717, 1.165) is 38.2 Å². The zero-order valence-electron chi connectivity index (χ0n) is 15.4. The van der Waals surface area contributed by atoms with Crippen molar-refractivity contribution in [3.05, 3.63) is 66.1 Å². The molecule has 0 N–H and O–H groups in total. The molecule has 0 radical (unpaired) electrons. The predicted molar refractivity (Wildman–Crippen MR) is 101 cm³/mol. The molecule has 0 bridgehead atoms. The molecule has 0 fully saturated rings. The van der Waals surface area contributed by atoms with Gasteiger partial charge in [-0.3, -0.25) is 9.67 Å². The molecule has 1 aliphatic carbocycles. The van der Waals surface area contributed by atoms with E-state index in [1.54, 1.807) is 12.5 Å². The summed E-state index contributed by atoms with van der Waals surface area (Å²) < 4.78 is 40.6. The van der Waals surface area contributed by atoms with Gasteiger partial charge in [0.2, 0.25) is 0 Å². The third-order valence-electron chi connectivity index (χ3n) is 4.91. The van der Waals surface area contributed by atoms with Gasteiger partial charge in [-0.1, -0.05) is 12.1 Å². The standard InChI is InChI=1S/C20H15F3N6/c1-28-11-25-15-4-2-12(6-18(15)28)14-3-5-16-19(14)27-17(8-24-16)13-7-26-29(9-13)10-20(21,22)23/h2-4,6-9,11H,5,10H2,1H3. The van der Waals surface area contributed by atoms with Gasteiger partial charge in [-0.25, -0.2) is 9.97 Å². The third-order valence-corrected chi connectivity index (χ3v) is 4.91. The maximum absolute atomic E-state index is 12.6. The van der Waals surface area contributed by atoms with Crippen molar-refractivity contribution in [1.29, 1.82) is 0 Å². The Balaban J connectivity index is 1.51. The lowest BCUT2D eigenvalue weighted by Crippen LogP contribution is -2.17. The second kappa shape index (κ2) is 6.26. The van der Waals surface area contributed by atoms with Gasteiger partial charge in [-0.05, 0) is 17.7 Å². The molecular weight excluding hydrogens is 381 g/mol. The van der Waals surface area contributed by atoms with Gasteiger partial charge in [0.05, 0.1) is 46.8 Å². The molecule has 4 aromatic rings. The average molecular weight is 396 g/mol.